The van der Waals surface area contributed by atoms with Crippen LogP contribution in [0.1, 0.15) is 74.1 Å². The van der Waals surface area contributed by atoms with Crippen LogP contribution in [0.25, 0.3) is 0 Å². The summed E-state index contributed by atoms with van der Waals surface area (Å²) >= 11 is 3.67. The maximum Gasteiger partial charge on any atom is 0.312 e. The average molecular weight is 669 g/mol. The van der Waals surface area contributed by atoms with E-state index in [2.05, 4.69) is 55.2 Å². The Balaban J connectivity index is 1.96. The molecular formula is C32H50BrN3O7. The van der Waals surface area contributed by atoms with Crippen LogP contribution in [0.15, 0.2) is 25.3 Å². The number of hydrogen-bond donors (Lipinski definition) is 2. The molecule has 43 heavy (non-hydrogen) atoms. The van der Waals surface area contributed by atoms with Gasteiger partial charge in [-0.05, 0) is 52.4 Å². The minimum absolute atomic E-state index is 0.0898. The summed E-state index contributed by atoms with van der Waals surface area (Å²) < 4.78 is 12.3. The Bertz CT molecular complexity index is 1110. The fourth-order valence-electron chi connectivity index (χ4n) is 7.38. The second-order valence-corrected chi connectivity index (χ2v) is 15.3. The van der Waals surface area contributed by atoms with Gasteiger partial charge in [-0.15, -0.1) is 13.2 Å². The molecule has 3 aliphatic heterocycles. The van der Waals surface area contributed by atoms with Gasteiger partial charge in [0.05, 0.1) is 37.1 Å². The Kier molecular flexibility index (Phi) is 11.0. The van der Waals surface area contributed by atoms with Crippen LogP contribution in [-0.4, -0.2) is 98.6 Å². The van der Waals surface area contributed by atoms with Crippen LogP contribution in [0.4, 0.5) is 0 Å². The van der Waals surface area contributed by atoms with E-state index in [0.717, 1.165) is 0 Å². The van der Waals surface area contributed by atoms with Crippen LogP contribution in [0.5, 0.6) is 0 Å². The van der Waals surface area contributed by atoms with Crippen molar-refractivity contribution < 1.29 is 33.8 Å². The van der Waals surface area contributed by atoms with Gasteiger partial charge in [-0.3, -0.25) is 19.2 Å². The number of esters is 1. The molecule has 11 heteroatoms. The van der Waals surface area contributed by atoms with Gasteiger partial charge in [0.2, 0.25) is 17.7 Å². The van der Waals surface area contributed by atoms with E-state index in [1.165, 1.54) is 4.90 Å². The Morgan fingerprint density at radius 1 is 1.23 bits per heavy atom. The number of carbonyl (C=O) groups is 4. The summed E-state index contributed by atoms with van der Waals surface area (Å²) in [4.78, 5) is 57.5. The van der Waals surface area contributed by atoms with Gasteiger partial charge in [0.25, 0.3) is 0 Å². The predicted octanol–water partition coefficient (Wildman–Crippen LogP) is 3.36. The average Bonchev–Trinajstić information content (AvgIpc) is 3.50. The van der Waals surface area contributed by atoms with E-state index in [9.17, 15) is 24.3 Å². The van der Waals surface area contributed by atoms with Crippen molar-refractivity contribution >= 4 is 39.6 Å². The van der Waals surface area contributed by atoms with E-state index in [0.29, 0.717) is 19.3 Å². The van der Waals surface area contributed by atoms with Crippen LogP contribution < -0.4 is 5.32 Å². The van der Waals surface area contributed by atoms with E-state index in [4.69, 9.17) is 9.47 Å². The highest BCUT2D eigenvalue weighted by Crippen LogP contribution is 2.61. The monoisotopic (exact) mass is 667 g/mol. The largest absolute Gasteiger partial charge is 0.460 e. The summed E-state index contributed by atoms with van der Waals surface area (Å²) in [5, 5.41) is 12.9. The van der Waals surface area contributed by atoms with Crippen molar-refractivity contribution in [1.82, 2.24) is 15.1 Å². The first kappa shape index (κ1) is 35.2. The van der Waals surface area contributed by atoms with Gasteiger partial charge in [0, 0.05) is 23.3 Å². The van der Waals surface area contributed by atoms with Crippen molar-refractivity contribution in [1.29, 1.82) is 0 Å². The lowest BCUT2D eigenvalue weighted by Crippen LogP contribution is -2.62. The number of likely N-dealkylation sites (tertiary alicyclic amines) is 1. The molecule has 1 spiro atoms. The molecule has 3 rings (SSSR count). The van der Waals surface area contributed by atoms with Gasteiger partial charge in [0.1, 0.15) is 17.7 Å². The summed E-state index contributed by atoms with van der Waals surface area (Å²) in [5.74, 6) is -3.39. The number of aliphatic hydroxyl groups excluding tert-OH is 1. The van der Waals surface area contributed by atoms with E-state index in [1.807, 2.05) is 13.8 Å². The Hall–Kier alpha value is -2.24. The number of allylic oxidation sites excluding steroid dienone is 1. The summed E-state index contributed by atoms with van der Waals surface area (Å²) in [6.07, 6.45) is 3.88. The van der Waals surface area contributed by atoms with E-state index in [1.54, 1.807) is 30.9 Å². The second-order valence-electron chi connectivity index (χ2n) is 14.1. The molecule has 242 valence electrons. The molecule has 3 heterocycles. The highest BCUT2D eigenvalue weighted by atomic mass is 79.9. The number of rotatable bonds is 14. The molecule has 0 aromatic rings. The fourth-order valence-corrected chi connectivity index (χ4v) is 8.32. The zero-order valence-electron chi connectivity index (χ0n) is 26.7. The zero-order chi connectivity index (χ0) is 32.5. The third kappa shape index (κ3) is 7.04. The lowest BCUT2D eigenvalue weighted by molar-refractivity contribution is -0.160. The van der Waals surface area contributed by atoms with E-state index in [-0.39, 0.29) is 48.2 Å². The fraction of sp³-hybridized carbons (Fsp3) is 0.750. The molecule has 3 aliphatic rings. The maximum atomic E-state index is 14.7. The van der Waals surface area contributed by atoms with Crippen LogP contribution in [0.3, 0.4) is 0 Å². The number of ether oxygens (including phenoxy) is 2. The molecule has 3 fully saturated rings. The van der Waals surface area contributed by atoms with Gasteiger partial charge in [0.15, 0.2) is 0 Å². The van der Waals surface area contributed by atoms with Gasteiger partial charge in [-0.1, -0.05) is 48.9 Å². The highest BCUT2D eigenvalue weighted by molar-refractivity contribution is 9.09. The van der Waals surface area contributed by atoms with Gasteiger partial charge >= 0.3 is 5.97 Å². The lowest BCUT2D eigenvalue weighted by atomic mass is 9.70. The number of hydrogen-bond acceptors (Lipinski definition) is 7. The smallest absolute Gasteiger partial charge is 0.312 e. The van der Waals surface area contributed by atoms with Crippen molar-refractivity contribution in [3.8, 4) is 0 Å². The van der Waals surface area contributed by atoms with Crippen molar-refractivity contribution in [2.75, 3.05) is 19.7 Å². The van der Waals surface area contributed by atoms with Gasteiger partial charge in [-0.25, -0.2) is 0 Å². The first-order chi connectivity index (χ1) is 20.0. The summed E-state index contributed by atoms with van der Waals surface area (Å²) in [7, 11) is 0. The van der Waals surface area contributed by atoms with Crippen molar-refractivity contribution in [3.05, 3.63) is 25.3 Å². The van der Waals surface area contributed by atoms with Crippen molar-refractivity contribution in [2.45, 2.75) is 114 Å². The quantitative estimate of drug-likeness (QED) is 0.165. The molecule has 3 saturated heterocycles. The lowest BCUT2D eigenvalue weighted by Gasteiger charge is -2.46. The number of nitrogens with one attached hydrogen (secondary N) is 1. The molecule has 0 aliphatic carbocycles. The van der Waals surface area contributed by atoms with Gasteiger partial charge in [-0.2, -0.15) is 0 Å². The normalized spacial score (nSPS) is 29.6. The number of carbonyl (C=O) groups excluding carboxylic acids is 4. The van der Waals surface area contributed by atoms with E-state index >= 15 is 0 Å². The third-order valence-electron chi connectivity index (χ3n) is 8.72. The number of fused-ring (bicyclic) bond motifs is 1. The Morgan fingerprint density at radius 2 is 1.88 bits per heavy atom. The number of amides is 3. The van der Waals surface area contributed by atoms with Gasteiger partial charge < -0.3 is 29.7 Å². The topological polar surface area (TPSA) is 125 Å². The molecule has 0 aromatic heterocycles. The molecule has 1 unspecified atom stereocenters. The Labute approximate surface area is 264 Å². The molecule has 3 amide bonds. The molecule has 10 nitrogen and oxygen atoms in total. The first-order valence-electron chi connectivity index (χ1n) is 15.2. The molecule has 2 bridgehead atoms. The standard InChI is InChI=1S/C32H50BrN3O7/c1-10-12-13-22(38)34-16-20(4)42-29(41)23-24-27(39)36(19(3)17-37)26(32(24)15-21(33)25(23)43-32)28(40)35(14-11-2)31(8,9)18-30(5,6)7/h10-11,19-21,23-26,37H,1-2,12-18H2,3-9H3,(H,34,38)/t19-,20-,21?,23+,24-,25+,26+,32-/m1/s1. The summed E-state index contributed by atoms with van der Waals surface area (Å²) in [5.41, 5.74) is -1.96. The van der Waals surface area contributed by atoms with E-state index < -0.39 is 59.1 Å². The summed E-state index contributed by atoms with van der Waals surface area (Å²) in [6, 6.07) is -1.73. The molecule has 8 atom stereocenters. The summed E-state index contributed by atoms with van der Waals surface area (Å²) in [6.45, 7) is 21.2. The third-order valence-corrected chi connectivity index (χ3v) is 9.57. The van der Waals surface area contributed by atoms with Crippen molar-refractivity contribution in [2.24, 2.45) is 17.3 Å². The predicted molar refractivity (Wildman–Crippen MR) is 167 cm³/mol. The van der Waals surface area contributed by atoms with Crippen LogP contribution in [0, 0.1) is 17.3 Å². The number of alkyl halides is 1. The van der Waals surface area contributed by atoms with Crippen LogP contribution in [0.2, 0.25) is 0 Å². The van der Waals surface area contributed by atoms with Crippen LogP contribution >= 0.6 is 15.9 Å². The number of aliphatic hydroxyl groups is 1. The first-order valence-corrected chi connectivity index (χ1v) is 16.1. The zero-order valence-corrected chi connectivity index (χ0v) is 28.3. The van der Waals surface area contributed by atoms with Crippen molar-refractivity contribution in [3.63, 3.8) is 0 Å². The molecule has 0 saturated carbocycles. The minimum Gasteiger partial charge on any atom is -0.460 e. The molecular weight excluding hydrogens is 618 g/mol. The highest BCUT2D eigenvalue weighted by Gasteiger charge is 2.77. The maximum absolute atomic E-state index is 14.7. The Morgan fingerprint density at radius 3 is 2.44 bits per heavy atom. The number of nitrogens with zero attached hydrogens (tertiary/aromatic N) is 2. The molecule has 2 N–H and O–H groups in total. The molecule has 0 aromatic carbocycles. The van der Waals surface area contributed by atoms with Crippen LogP contribution in [-0.2, 0) is 28.7 Å². The minimum atomic E-state index is -1.28. The second kappa shape index (κ2) is 13.4. The SMILES string of the molecule is C=CCCC(=O)NC[C@@H](C)OC(=O)[C@@H]1[C@H]2O[C@@]3(CC2Br)[C@H](C(=O)N(CC=C)C(C)(C)CC(C)(C)C)N([C@H](C)CO)C(=O)[C@@H]13. The molecule has 0 radical (unpaired) electrons. The number of halogens is 1.